The third-order valence-corrected chi connectivity index (χ3v) is 4.42. The van der Waals surface area contributed by atoms with E-state index in [9.17, 15) is 5.11 Å². The summed E-state index contributed by atoms with van der Waals surface area (Å²) in [4.78, 5) is 2.52. The van der Waals surface area contributed by atoms with E-state index in [0.717, 1.165) is 24.4 Å². The van der Waals surface area contributed by atoms with Gasteiger partial charge < -0.3 is 5.11 Å². The van der Waals surface area contributed by atoms with E-state index in [-0.39, 0.29) is 12.1 Å². The van der Waals surface area contributed by atoms with Crippen molar-refractivity contribution >= 4 is 0 Å². The summed E-state index contributed by atoms with van der Waals surface area (Å²) in [6.07, 6.45) is 3.45. The molecule has 98 valence electrons. The van der Waals surface area contributed by atoms with Crippen LogP contribution in [-0.2, 0) is 6.42 Å². The number of benzene rings is 1. The summed E-state index contributed by atoms with van der Waals surface area (Å²) in [5.74, 6) is 0.878. The van der Waals surface area contributed by atoms with Crippen molar-refractivity contribution in [2.45, 2.75) is 51.3 Å². The highest BCUT2D eigenvalue weighted by atomic mass is 16.3. The molecule has 1 fully saturated rings. The lowest BCUT2D eigenvalue weighted by molar-refractivity contribution is 0.0392. The van der Waals surface area contributed by atoms with Crippen molar-refractivity contribution in [1.29, 1.82) is 0 Å². The van der Waals surface area contributed by atoms with Crippen molar-refractivity contribution in [3.05, 3.63) is 35.4 Å². The van der Waals surface area contributed by atoms with E-state index in [1.165, 1.54) is 18.4 Å². The van der Waals surface area contributed by atoms with Crippen molar-refractivity contribution in [2.24, 2.45) is 5.92 Å². The van der Waals surface area contributed by atoms with Gasteiger partial charge in [0, 0.05) is 18.6 Å². The molecule has 0 saturated heterocycles. The molecule has 2 aliphatic rings. The molecule has 2 heteroatoms. The minimum Gasteiger partial charge on any atom is -0.387 e. The molecule has 18 heavy (non-hydrogen) atoms. The van der Waals surface area contributed by atoms with Crippen LogP contribution in [0.1, 0.15) is 43.9 Å². The topological polar surface area (TPSA) is 23.5 Å². The van der Waals surface area contributed by atoms with Gasteiger partial charge in [0.05, 0.1) is 6.10 Å². The summed E-state index contributed by atoms with van der Waals surface area (Å²) < 4.78 is 0. The summed E-state index contributed by atoms with van der Waals surface area (Å²) in [5, 5.41) is 10.6. The summed E-state index contributed by atoms with van der Waals surface area (Å²) in [6.45, 7) is 5.66. The zero-order valence-electron chi connectivity index (χ0n) is 11.3. The number of hydrogen-bond acceptors (Lipinski definition) is 2. The van der Waals surface area contributed by atoms with Gasteiger partial charge in [0.15, 0.2) is 0 Å². The van der Waals surface area contributed by atoms with Crippen LogP contribution in [0.15, 0.2) is 24.3 Å². The van der Waals surface area contributed by atoms with Crippen LogP contribution in [0.2, 0.25) is 0 Å². The van der Waals surface area contributed by atoms with Gasteiger partial charge in [-0.25, -0.2) is 0 Å². The Labute approximate surface area is 110 Å². The predicted octanol–water partition coefficient (Wildman–Crippen LogP) is 2.77. The lowest BCUT2D eigenvalue weighted by Gasteiger charge is -2.34. The molecule has 2 aliphatic carbocycles. The molecule has 0 aromatic heterocycles. The van der Waals surface area contributed by atoms with Crippen LogP contribution < -0.4 is 0 Å². The molecule has 1 aromatic rings. The molecule has 1 saturated carbocycles. The Morgan fingerprint density at radius 2 is 2.00 bits per heavy atom. The largest absolute Gasteiger partial charge is 0.387 e. The first kappa shape index (κ1) is 12.2. The Bertz CT molecular complexity index is 425. The van der Waals surface area contributed by atoms with Gasteiger partial charge >= 0.3 is 0 Å². The highest BCUT2D eigenvalue weighted by Gasteiger charge is 2.38. The molecule has 2 atom stereocenters. The highest BCUT2D eigenvalue weighted by Crippen LogP contribution is 2.38. The second-order valence-corrected chi connectivity index (χ2v) is 6.15. The third kappa shape index (κ3) is 2.19. The first-order valence-corrected chi connectivity index (χ1v) is 7.18. The molecule has 2 unspecified atom stereocenters. The SMILES string of the molecule is CC(C)N(CC1CC1)C1Cc2ccccc2C1O. The van der Waals surface area contributed by atoms with E-state index in [0.29, 0.717) is 6.04 Å². The molecule has 0 radical (unpaired) electrons. The number of aliphatic hydroxyl groups is 1. The fraction of sp³-hybridized carbons (Fsp3) is 0.625. The van der Waals surface area contributed by atoms with Gasteiger partial charge in [-0.2, -0.15) is 0 Å². The molecule has 1 aromatic carbocycles. The van der Waals surface area contributed by atoms with Crippen molar-refractivity contribution in [3.63, 3.8) is 0 Å². The van der Waals surface area contributed by atoms with Crippen LogP contribution >= 0.6 is 0 Å². The Morgan fingerprint density at radius 3 is 2.61 bits per heavy atom. The number of nitrogens with zero attached hydrogens (tertiary/aromatic N) is 1. The molecule has 0 spiro atoms. The Balaban J connectivity index is 1.80. The molecule has 3 rings (SSSR count). The molecule has 0 aliphatic heterocycles. The molecule has 2 nitrogen and oxygen atoms in total. The number of fused-ring (bicyclic) bond motifs is 1. The third-order valence-electron chi connectivity index (χ3n) is 4.42. The molecule has 0 bridgehead atoms. The maximum absolute atomic E-state index is 10.6. The number of aliphatic hydroxyl groups excluding tert-OH is 1. The molecule has 0 heterocycles. The Hall–Kier alpha value is -0.860. The minimum absolute atomic E-state index is 0.281. The van der Waals surface area contributed by atoms with Gasteiger partial charge in [0.2, 0.25) is 0 Å². The van der Waals surface area contributed by atoms with Gasteiger partial charge in [-0.3, -0.25) is 4.90 Å². The van der Waals surface area contributed by atoms with Crippen LogP contribution in [0, 0.1) is 5.92 Å². The van der Waals surface area contributed by atoms with Gasteiger partial charge in [-0.05, 0) is 50.2 Å². The molecular weight excluding hydrogens is 222 g/mol. The van der Waals surface area contributed by atoms with Crippen LogP contribution in [-0.4, -0.2) is 28.6 Å². The smallest absolute Gasteiger partial charge is 0.0951 e. The molecule has 1 N–H and O–H groups in total. The first-order valence-electron chi connectivity index (χ1n) is 7.18. The van der Waals surface area contributed by atoms with E-state index < -0.39 is 0 Å². The quantitative estimate of drug-likeness (QED) is 0.881. The minimum atomic E-state index is -0.303. The Morgan fingerprint density at radius 1 is 1.28 bits per heavy atom. The van der Waals surface area contributed by atoms with Gasteiger partial charge in [-0.15, -0.1) is 0 Å². The highest BCUT2D eigenvalue weighted by molar-refractivity contribution is 5.36. The van der Waals surface area contributed by atoms with E-state index >= 15 is 0 Å². The standard InChI is InChI=1S/C16H23NO/c1-11(2)17(10-12-7-8-12)15-9-13-5-3-4-6-14(13)16(15)18/h3-6,11-12,15-16,18H,7-10H2,1-2H3. The van der Waals surface area contributed by atoms with Crippen molar-refractivity contribution in [3.8, 4) is 0 Å². The summed E-state index contributed by atoms with van der Waals surface area (Å²) in [7, 11) is 0. The van der Waals surface area contributed by atoms with E-state index in [1.54, 1.807) is 0 Å². The first-order chi connectivity index (χ1) is 8.66. The van der Waals surface area contributed by atoms with Crippen LogP contribution in [0.4, 0.5) is 0 Å². The summed E-state index contributed by atoms with van der Waals surface area (Å²) in [5.41, 5.74) is 2.47. The maximum Gasteiger partial charge on any atom is 0.0951 e. The lowest BCUT2D eigenvalue weighted by atomic mass is 10.1. The fourth-order valence-electron chi connectivity index (χ4n) is 3.18. The van der Waals surface area contributed by atoms with E-state index in [4.69, 9.17) is 0 Å². The monoisotopic (exact) mass is 245 g/mol. The van der Waals surface area contributed by atoms with Crippen LogP contribution in [0.5, 0.6) is 0 Å². The van der Waals surface area contributed by atoms with Crippen molar-refractivity contribution in [2.75, 3.05) is 6.54 Å². The summed E-state index contributed by atoms with van der Waals surface area (Å²) in [6, 6.07) is 9.14. The second-order valence-electron chi connectivity index (χ2n) is 6.15. The average molecular weight is 245 g/mol. The van der Waals surface area contributed by atoms with Crippen molar-refractivity contribution < 1.29 is 5.11 Å². The lowest BCUT2D eigenvalue weighted by Crippen LogP contribution is -2.44. The molecular formula is C16H23NO. The van der Waals surface area contributed by atoms with E-state index in [2.05, 4.69) is 36.9 Å². The number of rotatable bonds is 4. The Kier molecular flexibility index (Phi) is 3.16. The zero-order chi connectivity index (χ0) is 12.7. The van der Waals surface area contributed by atoms with Crippen LogP contribution in [0.25, 0.3) is 0 Å². The average Bonchev–Trinajstić information content (AvgIpc) is 3.12. The normalized spacial score (nSPS) is 26.9. The summed E-state index contributed by atoms with van der Waals surface area (Å²) >= 11 is 0. The van der Waals surface area contributed by atoms with Crippen molar-refractivity contribution in [1.82, 2.24) is 4.90 Å². The zero-order valence-corrected chi connectivity index (χ0v) is 11.3. The molecule has 0 amide bonds. The fourth-order valence-corrected chi connectivity index (χ4v) is 3.18. The van der Waals surface area contributed by atoms with Gasteiger partial charge in [0.1, 0.15) is 0 Å². The van der Waals surface area contributed by atoms with E-state index in [1.807, 2.05) is 6.07 Å². The van der Waals surface area contributed by atoms with Gasteiger partial charge in [0.25, 0.3) is 0 Å². The van der Waals surface area contributed by atoms with Gasteiger partial charge in [-0.1, -0.05) is 24.3 Å². The van der Waals surface area contributed by atoms with Crippen LogP contribution in [0.3, 0.4) is 0 Å². The number of hydrogen-bond donors (Lipinski definition) is 1. The second kappa shape index (κ2) is 4.67. The predicted molar refractivity (Wildman–Crippen MR) is 73.5 cm³/mol. The maximum atomic E-state index is 10.6.